The summed E-state index contributed by atoms with van der Waals surface area (Å²) in [5.74, 6) is -0.338. The van der Waals surface area contributed by atoms with E-state index in [1.165, 1.54) is 17.5 Å². The molecule has 1 heterocycles. The molecule has 1 saturated heterocycles. The molecule has 2 aromatic rings. The number of nitrogens with one attached hydrogen (secondary N) is 2. The van der Waals surface area contributed by atoms with Crippen LogP contribution >= 0.6 is 0 Å². The number of amides is 2. The summed E-state index contributed by atoms with van der Waals surface area (Å²) in [6, 6.07) is 13.1. The van der Waals surface area contributed by atoms with Gasteiger partial charge in [0.2, 0.25) is 0 Å². The molecule has 0 saturated carbocycles. The van der Waals surface area contributed by atoms with E-state index < -0.39 is 0 Å². The number of carbonyl (C=O) groups excluding carboxylic acids is 2. The Morgan fingerprint density at radius 3 is 2.62 bits per heavy atom. The van der Waals surface area contributed by atoms with Gasteiger partial charge in [0, 0.05) is 23.5 Å². The molecule has 0 spiro atoms. The van der Waals surface area contributed by atoms with Gasteiger partial charge in [0.1, 0.15) is 6.10 Å². The van der Waals surface area contributed by atoms with Crippen LogP contribution in [0.1, 0.15) is 40.7 Å². The minimum atomic E-state index is -0.390. The van der Waals surface area contributed by atoms with E-state index in [1.54, 1.807) is 24.3 Å². The lowest BCUT2D eigenvalue weighted by Gasteiger charge is -2.12. The van der Waals surface area contributed by atoms with Crippen molar-refractivity contribution >= 4 is 23.2 Å². The highest BCUT2D eigenvalue weighted by atomic mass is 16.5. The zero-order valence-corrected chi connectivity index (χ0v) is 14.6. The molecule has 2 aliphatic rings. The van der Waals surface area contributed by atoms with E-state index in [0.717, 1.165) is 31.4 Å². The summed E-state index contributed by atoms with van der Waals surface area (Å²) in [5, 5.41) is 5.78. The van der Waals surface area contributed by atoms with Crippen molar-refractivity contribution in [2.75, 3.05) is 17.2 Å². The molecule has 2 amide bonds. The Morgan fingerprint density at radius 2 is 1.77 bits per heavy atom. The van der Waals surface area contributed by atoms with Crippen LogP contribution in [0.25, 0.3) is 0 Å². The van der Waals surface area contributed by atoms with Crippen LogP contribution in [-0.4, -0.2) is 24.5 Å². The van der Waals surface area contributed by atoms with Gasteiger partial charge in [0.15, 0.2) is 0 Å². The van der Waals surface area contributed by atoms with Crippen LogP contribution in [-0.2, 0) is 22.4 Å². The third-order valence-corrected chi connectivity index (χ3v) is 4.97. The second-order valence-corrected chi connectivity index (χ2v) is 6.86. The van der Waals surface area contributed by atoms with Gasteiger partial charge in [0.05, 0.1) is 0 Å². The second kappa shape index (κ2) is 7.30. The number of carbonyl (C=O) groups is 2. The largest absolute Gasteiger partial charge is 0.368 e. The first-order valence-corrected chi connectivity index (χ1v) is 9.15. The SMILES string of the molecule is O=C(Nc1ccc2c(c1)CCC2)c1cccc(NC(=O)[C@H]2CCCO2)c1. The van der Waals surface area contributed by atoms with E-state index in [1.807, 2.05) is 6.07 Å². The van der Waals surface area contributed by atoms with E-state index in [-0.39, 0.29) is 17.9 Å². The highest BCUT2D eigenvalue weighted by molar-refractivity contribution is 6.05. The topological polar surface area (TPSA) is 67.4 Å². The Bertz CT molecular complexity index is 841. The number of ether oxygens (including phenoxy) is 1. The monoisotopic (exact) mass is 350 g/mol. The van der Waals surface area contributed by atoms with E-state index in [0.29, 0.717) is 17.9 Å². The van der Waals surface area contributed by atoms with Gasteiger partial charge in [-0.15, -0.1) is 0 Å². The molecule has 0 radical (unpaired) electrons. The predicted molar refractivity (Wildman–Crippen MR) is 100 cm³/mol. The summed E-state index contributed by atoms with van der Waals surface area (Å²) in [7, 11) is 0. The van der Waals surface area contributed by atoms with E-state index in [2.05, 4.69) is 22.8 Å². The van der Waals surface area contributed by atoms with Crippen LogP contribution < -0.4 is 10.6 Å². The fourth-order valence-electron chi connectivity index (χ4n) is 3.60. The Morgan fingerprint density at radius 1 is 0.923 bits per heavy atom. The number of aryl methyl sites for hydroxylation is 2. The van der Waals surface area contributed by atoms with Crippen molar-refractivity contribution < 1.29 is 14.3 Å². The molecule has 1 aliphatic carbocycles. The maximum absolute atomic E-state index is 12.6. The number of hydrogen-bond donors (Lipinski definition) is 2. The first-order valence-electron chi connectivity index (χ1n) is 9.15. The molecule has 0 bridgehead atoms. The Balaban J connectivity index is 1.43. The van der Waals surface area contributed by atoms with Crippen molar-refractivity contribution in [2.45, 2.75) is 38.2 Å². The Hall–Kier alpha value is -2.66. The molecule has 2 aromatic carbocycles. The minimum absolute atomic E-state index is 0.154. The van der Waals surface area contributed by atoms with Crippen molar-refractivity contribution in [3.05, 3.63) is 59.2 Å². The first kappa shape index (κ1) is 16.8. The molecule has 5 heteroatoms. The smallest absolute Gasteiger partial charge is 0.255 e. The fraction of sp³-hybridized carbons (Fsp3) is 0.333. The van der Waals surface area contributed by atoms with Crippen molar-refractivity contribution in [1.29, 1.82) is 0 Å². The Labute approximate surface area is 152 Å². The summed E-state index contributed by atoms with van der Waals surface area (Å²) in [6.45, 7) is 0.626. The van der Waals surface area contributed by atoms with Crippen LogP contribution in [0.15, 0.2) is 42.5 Å². The standard InChI is InChI=1S/C21H22N2O3/c24-20(22-18-10-9-14-4-1-5-15(14)12-18)16-6-2-7-17(13-16)23-21(25)19-8-3-11-26-19/h2,6-7,9-10,12-13,19H,1,3-5,8,11H2,(H,22,24)(H,23,25)/t19-/m1/s1. The number of hydrogen-bond acceptors (Lipinski definition) is 3. The van der Waals surface area contributed by atoms with Crippen molar-refractivity contribution in [1.82, 2.24) is 0 Å². The van der Waals surface area contributed by atoms with Gasteiger partial charge in [-0.3, -0.25) is 9.59 Å². The van der Waals surface area contributed by atoms with Crippen molar-refractivity contribution in [3.63, 3.8) is 0 Å². The lowest BCUT2D eigenvalue weighted by molar-refractivity contribution is -0.124. The molecule has 0 unspecified atom stereocenters. The van der Waals surface area contributed by atoms with E-state index in [9.17, 15) is 9.59 Å². The number of benzene rings is 2. The summed E-state index contributed by atoms with van der Waals surface area (Å²) in [5.41, 5.74) is 4.62. The number of fused-ring (bicyclic) bond motifs is 1. The third kappa shape index (κ3) is 3.63. The molecule has 1 aliphatic heterocycles. The fourth-order valence-corrected chi connectivity index (χ4v) is 3.60. The highest BCUT2D eigenvalue weighted by Crippen LogP contribution is 2.25. The highest BCUT2D eigenvalue weighted by Gasteiger charge is 2.23. The molecule has 134 valence electrons. The van der Waals surface area contributed by atoms with Crippen molar-refractivity contribution in [3.8, 4) is 0 Å². The third-order valence-electron chi connectivity index (χ3n) is 4.97. The molecule has 1 atom stereocenters. The van der Waals surface area contributed by atoms with E-state index in [4.69, 9.17) is 4.74 Å². The maximum Gasteiger partial charge on any atom is 0.255 e. The normalized spacial score (nSPS) is 18.4. The van der Waals surface area contributed by atoms with Gasteiger partial charge in [-0.05, 0) is 73.6 Å². The first-order chi connectivity index (χ1) is 12.7. The molecule has 26 heavy (non-hydrogen) atoms. The van der Waals surface area contributed by atoms with Gasteiger partial charge in [-0.25, -0.2) is 0 Å². The van der Waals surface area contributed by atoms with Crippen LogP contribution in [0.2, 0.25) is 0 Å². The number of anilines is 2. The van der Waals surface area contributed by atoms with Crippen LogP contribution in [0.5, 0.6) is 0 Å². The van der Waals surface area contributed by atoms with Gasteiger partial charge >= 0.3 is 0 Å². The molecular weight excluding hydrogens is 328 g/mol. The lowest BCUT2D eigenvalue weighted by Crippen LogP contribution is -2.27. The van der Waals surface area contributed by atoms with Crippen LogP contribution in [0, 0.1) is 0 Å². The summed E-state index contributed by atoms with van der Waals surface area (Å²) in [6.07, 6.45) is 4.63. The average molecular weight is 350 g/mol. The molecular formula is C21H22N2O3. The molecule has 1 fully saturated rings. The predicted octanol–water partition coefficient (Wildman–Crippen LogP) is 3.55. The minimum Gasteiger partial charge on any atom is -0.368 e. The summed E-state index contributed by atoms with van der Waals surface area (Å²) >= 11 is 0. The van der Waals surface area contributed by atoms with Gasteiger partial charge in [-0.2, -0.15) is 0 Å². The number of rotatable bonds is 4. The lowest BCUT2D eigenvalue weighted by atomic mass is 10.1. The van der Waals surface area contributed by atoms with Crippen molar-refractivity contribution in [2.24, 2.45) is 0 Å². The average Bonchev–Trinajstić information content (AvgIpc) is 3.33. The Kier molecular flexibility index (Phi) is 4.71. The van der Waals surface area contributed by atoms with Gasteiger partial charge < -0.3 is 15.4 Å². The molecule has 5 nitrogen and oxygen atoms in total. The molecule has 0 aromatic heterocycles. The second-order valence-electron chi connectivity index (χ2n) is 6.86. The van der Waals surface area contributed by atoms with Gasteiger partial charge in [-0.1, -0.05) is 12.1 Å². The zero-order valence-electron chi connectivity index (χ0n) is 14.6. The quantitative estimate of drug-likeness (QED) is 0.886. The molecule has 2 N–H and O–H groups in total. The van der Waals surface area contributed by atoms with Crippen LogP contribution in [0.3, 0.4) is 0 Å². The summed E-state index contributed by atoms with van der Waals surface area (Å²) < 4.78 is 5.39. The zero-order chi connectivity index (χ0) is 17.9. The summed E-state index contributed by atoms with van der Waals surface area (Å²) in [4.78, 5) is 24.7. The van der Waals surface area contributed by atoms with Crippen LogP contribution in [0.4, 0.5) is 11.4 Å². The van der Waals surface area contributed by atoms with E-state index >= 15 is 0 Å². The molecule has 4 rings (SSSR count). The van der Waals surface area contributed by atoms with Gasteiger partial charge in [0.25, 0.3) is 11.8 Å². The maximum atomic E-state index is 12.6.